The predicted octanol–water partition coefficient (Wildman–Crippen LogP) is 2.46. The van der Waals surface area contributed by atoms with E-state index in [1.165, 1.54) is 0 Å². The maximum absolute atomic E-state index is 13.3. The van der Waals surface area contributed by atoms with E-state index in [1.54, 1.807) is 6.07 Å². The molecule has 6 heteroatoms. The fourth-order valence-electron chi connectivity index (χ4n) is 1.33. The second-order valence-electron chi connectivity index (χ2n) is 3.37. The van der Waals surface area contributed by atoms with Crippen LogP contribution in [-0.2, 0) is 6.54 Å². The summed E-state index contributed by atoms with van der Waals surface area (Å²) in [6.45, 7) is 0.368. The Labute approximate surface area is 103 Å². The molecule has 1 aromatic carbocycles. The van der Waals surface area contributed by atoms with Gasteiger partial charge in [0.1, 0.15) is 0 Å². The standard InChI is InChI=1S/C11H10ClFN4/c12-8-4-2-1-3-7(8)5-15-10-9(13)6-16-11(14)17-10/h1-4,6H,5H2,(H3,14,15,16,17). The number of aromatic nitrogens is 2. The molecule has 2 aromatic rings. The Morgan fingerprint density at radius 1 is 1.35 bits per heavy atom. The summed E-state index contributed by atoms with van der Waals surface area (Å²) < 4.78 is 13.3. The number of nitrogens with one attached hydrogen (secondary N) is 1. The van der Waals surface area contributed by atoms with Gasteiger partial charge in [0.15, 0.2) is 11.6 Å². The molecule has 1 aromatic heterocycles. The first-order valence-corrected chi connectivity index (χ1v) is 5.30. The Kier molecular flexibility index (Phi) is 3.39. The highest BCUT2D eigenvalue weighted by atomic mass is 35.5. The van der Waals surface area contributed by atoms with Gasteiger partial charge < -0.3 is 11.1 Å². The van der Waals surface area contributed by atoms with Crippen molar-refractivity contribution in [1.82, 2.24) is 9.97 Å². The van der Waals surface area contributed by atoms with E-state index < -0.39 is 5.82 Å². The lowest BCUT2D eigenvalue weighted by molar-refractivity contribution is 0.617. The SMILES string of the molecule is Nc1ncc(F)c(NCc2ccccc2Cl)n1. The van der Waals surface area contributed by atoms with Crippen LogP contribution in [0.15, 0.2) is 30.5 Å². The van der Waals surface area contributed by atoms with Crippen LogP contribution >= 0.6 is 11.6 Å². The lowest BCUT2D eigenvalue weighted by Gasteiger charge is -2.08. The molecule has 0 unspecified atom stereocenters. The van der Waals surface area contributed by atoms with Crippen molar-refractivity contribution in [2.75, 3.05) is 11.1 Å². The zero-order valence-electron chi connectivity index (χ0n) is 8.82. The number of nitrogens with zero attached hydrogens (tertiary/aromatic N) is 2. The van der Waals surface area contributed by atoms with E-state index in [4.69, 9.17) is 17.3 Å². The number of halogens is 2. The van der Waals surface area contributed by atoms with Crippen LogP contribution in [0.4, 0.5) is 16.2 Å². The first-order valence-electron chi connectivity index (χ1n) is 4.92. The third kappa shape index (κ3) is 2.82. The van der Waals surface area contributed by atoms with Gasteiger partial charge in [-0.15, -0.1) is 0 Å². The molecule has 0 amide bonds. The summed E-state index contributed by atoms with van der Waals surface area (Å²) in [5, 5.41) is 3.43. The quantitative estimate of drug-likeness (QED) is 0.881. The largest absolute Gasteiger partial charge is 0.368 e. The van der Waals surface area contributed by atoms with E-state index in [0.717, 1.165) is 11.8 Å². The molecule has 0 radical (unpaired) electrons. The molecule has 1 heterocycles. The molecule has 3 N–H and O–H groups in total. The number of anilines is 2. The maximum atomic E-state index is 13.3. The molecule has 0 aliphatic rings. The third-order valence-corrected chi connectivity index (χ3v) is 2.54. The molecule has 0 spiro atoms. The summed E-state index contributed by atoms with van der Waals surface area (Å²) in [5.74, 6) is -0.461. The molecular weight excluding hydrogens is 243 g/mol. The number of hydrogen-bond acceptors (Lipinski definition) is 4. The van der Waals surface area contributed by atoms with Crippen LogP contribution in [0.3, 0.4) is 0 Å². The highest BCUT2D eigenvalue weighted by Gasteiger charge is 2.05. The van der Waals surface area contributed by atoms with Crippen molar-refractivity contribution in [2.24, 2.45) is 0 Å². The van der Waals surface area contributed by atoms with Crippen molar-refractivity contribution < 1.29 is 4.39 Å². The molecule has 0 saturated heterocycles. The molecule has 0 aliphatic heterocycles. The van der Waals surface area contributed by atoms with Gasteiger partial charge in [-0.05, 0) is 11.6 Å². The molecule has 88 valence electrons. The van der Waals surface area contributed by atoms with Crippen LogP contribution < -0.4 is 11.1 Å². The van der Waals surface area contributed by atoms with Crippen molar-refractivity contribution in [3.63, 3.8) is 0 Å². The van der Waals surface area contributed by atoms with Gasteiger partial charge in [-0.25, -0.2) is 9.37 Å². The van der Waals surface area contributed by atoms with Crippen molar-refractivity contribution in [2.45, 2.75) is 6.54 Å². The van der Waals surface area contributed by atoms with Crippen LogP contribution in [0.1, 0.15) is 5.56 Å². The normalized spacial score (nSPS) is 10.2. The van der Waals surface area contributed by atoms with E-state index in [9.17, 15) is 4.39 Å². The predicted molar refractivity (Wildman–Crippen MR) is 65.2 cm³/mol. The first kappa shape index (κ1) is 11.6. The highest BCUT2D eigenvalue weighted by Crippen LogP contribution is 2.17. The topological polar surface area (TPSA) is 63.8 Å². The van der Waals surface area contributed by atoms with Crippen LogP contribution in [0, 0.1) is 5.82 Å². The molecular formula is C11H10ClFN4. The Morgan fingerprint density at radius 3 is 2.88 bits per heavy atom. The molecule has 4 nitrogen and oxygen atoms in total. The fraction of sp³-hybridized carbons (Fsp3) is 0.0909. The van der Waals surface area contributed by atoms with Crippen molar-refractivity contribution in [3.8, 4) is 0 Å². The van der Waals surface area contributed by atoms with E-state index in [1.807, 2.05) is 18.2 Å². The molecule has 0 bridgehead atoms. The van der Waals surface area contributed by atoms with Crippen LogP contribution in [-0.4, -0.2) is 9.97 Å². The van der Waals surface area contributed by atoms with Gasteiger partial charge in [-0.2, -0.15) is 4.98 Å². The lowest BCUT2D eigenvalue weighted by Crippen LogP contribution is -2.06. The minimum atomic E-state index is -0.550. The monoisotopic (exact) mass is 252 g/mol. The second kappa shape index (κ2) is 4.97. The van der Waals surface area contributed by atoms with Gasteiger partial charge in [-0.3, -0.25) is 0 Å². The van der Waals surface area contributed by atoms with Gasteiger partial charge in [0.25, 0.3) is 0 Å². The fourth-order valence-corrected chi connectivity index (χ4v) is 1.53. The number of nitrogens with two attached hydrogens (primary N) is 1. The van der Waals surface area contributed by atoms with Gasteiger partial charge >= 0.3 is 0 Å². The van der Waals surface area contributed by atoms with Crippen molar-refractivity contribution >= 4 is 23.4 Å². The van der Waals surface area contributed by atoms with Gasteiger partial charge in [0.2, 0.25) is 5.95 Å². The second-order valence-corrected chi connectivity index (χ2v) is 3.78. The van der Waals surface area contributed by atoms with Crippen molar-refractivity contribution in [1.29, 1.82) is 0 Å². The average Bonchev–Trinajstić information content (AvgIpc) is 2.32. The summed E-state index contributed by atoms with van der Waals surface area (Å²) in [6, 6.07) is 7.30. The summed E-state index contributed by atoms with van der Waals surface area (Å²) in [5.41, 5.74) is 6.22. The maximum Gasteiger partial charge on any atom is 0.222 e. The third-order valence-electron chi connectivity index (χ3n) is 2.17. The summed E-state index contributed by atoms with van der Waals surface area (Å²) >= 11 is 5.97. The Morgan fingerprint density at radius 2 is 2.12 bits per heavy atom. The summed E-state index contributed by atoms with van der Waals surface area (Å²) in [7, 11) is 0. The van der Waals surface area contributed by atoms with Gasteiger partial charge in [-0.1, -0.05) is 29.8 Å². The van der Waals surface area contributed by atoms with Gasteiger partial charge in [0, 0.05) is 11.6 Å². The summed E-state index contributed by atoms with van der Waals surface area (Å²) in [4.78, 5) is 7.29. The Balaban J connectivity index is 2.12. The number of rotatable bonds is 3. The summed E-state index contributed by atoms with van der Waals surface area (Å²) in [6.07, 6.45) is 1.03. The first-order chi connectivity index (χ1) is 8.16. The van der Waals surface area contributed by atoms with Crippen LogP contribution in [0.25, 0.3) is 0 Å². The van der Waals surface area contributed by atoms with Crippen LogP contribution in [0.2, 0.25) is 5.02 Å². The molecule has 0 atom stereocenters. The van der Waals surface area contributed by atoms with E-state index in [-0.39, 0.29) is 11.8 Å². The molecule has 0 aliphatic carbocycles. The van der Waals surface area contributed by atoms with Gasteiger partial charge in [0.05, 0.1) is 6.20 Å². The molecule has 0 saturated carbocycles. The number of nitrogen functional groups attached to an aromatic ring is 1. The number of benzene rings is 1. The Hall–Kier alpha value is -1.88. The zero-order valence-corrected chi connectivity index (χ0v) is 9.58. The zero-order chi connectivity index (χ0) is 12.3. The highest BCUT2D eigenvalue weighted by molar-refractivity contribution is 6.31. The minimum Gasteiger partial charge on any atom is -0.368 e. The Bertz CT molecular complexity index is 533. The lowest BCUT2D eigenvalue weighted by atomic mass is 10.2. The van der Waals surface area contributed by atoms with E-state index in [2.05, 4.69) is 15.3 Å². The average molecular weight is 253 g/mol. The van der Waals surface area contributed by atoms with Crippen molar-refractivity contribution in [3.05, 3.63) is 46.9 Å². The minimum absolute atomic E-state index is 0.0214. The molecule has 0 fully saturated rings. The van der Waals surface area contributed by atoms with Crippen LogP contribution in [0.5, 0.6) is 0 Å². The van der Waals surface area contributed by atoms with E-state index >= 15 is 0 Å². The van der Waals surface area contributed by atoms with E-state index in [0.29, 0.717) is 11.6 Å². The number of hydrogen-bond donors (Lipinski definition) is 2. The molecule has 17 heavy (non-hydrogen) atoms. The smallest absolute Gasteiger partial charge is 0.222 e. The molecule has 2 rings (SSSR count).